The van der Waals surface area contributed by atoms with E-state index in [-0.39, 0.29) is 6.04 Å². The average molecular weight is 278 g/mol. The number of aromatic nitrogens is 2. The number of nitrogens with two attached hydrogens (primary N) is 1. The first-order chi connectivity index (χ1) is 7.68. The van der Waals surface area contributed by atoms with Crippen LogP contribution >= 0.6 is 15.9 Å². The lowest BCUT2D eigenvalue weighted by atomic mass is 10.0. The van der Waals surface area contributed by atoms with Crippen LogP contribution in [0.2, 0.25) is 0 Å². The van der Waals surface area contributed by atoms with E-state index in [0.717, 1.165) is 21.3 Å². The lowest BCUT2D eigenvalue weighted by Gasteiger charge is -2.13. The van der Waals surface area contributed by atoms with E-state index in [2.05, 4.69) is 25.9 Å². The average Bonchev–Trinajstić information content (AvgIpc) is 2.30. The molecule has 16 heavy (non-hydrogen) atoms. The Balaban J connectivity index is 2.35. The van der Waals surface area contributed by atoms with Gasteiger partial charge in [-0.2, -0.15) is 0 Å². The third kappa shape index (κ3) is 2.28. The topological polar surface area (TPSA) is 51.8 Å². The highest BCUT2D eigenvalue weighted by Crippen LogP contribution is 2.20. The molecule has 3 nitrogen and oxygen atoms in total. The number of nitrogens with zero attached hydrogens (tertiary/aromatic N) is 2. The Hall–Kier alpha value is -1.26. The van der Waals surface area contributed by atoms with Gasteiger partial charge in [-0.15, -0.1) is 0 Å². The normalized spacial score (nSPS) is 12.4. The van der Waals surface area contributed by atoms with Crippen molar-refractivity contribution < 1.29 is 0 Å². The van der Waals surface area contributed by atoms with Crippen LogP contribution < -0.4 is 5.73 Å². The molecule has 2 heterocycles. The van der Waals surface area contributed by atoms with Crippen LogP contribution in [0, 0.1) is 6.92 Å². The molecule has 1 unspecified atom stereocenters. The molecule has 82 valence electrons. The Morgan fingerprint density at radius 3 is 2.69 bits per heavy atom. The van der Waals surface area contributed by atoms with Crippen LogP contribution in [0.1, 0.15) is 22.9 Å². The molecule has 0 spiro atoms. The molecule has 2 aromatic heterocycles. The maximum atomic E-state index is 6.15. The van der Waals surface area contributed by atoms with Crippen LogP contribution in [0.4, 0.5) is 0 Å². The van der Waals surface area contributed by atoms with Crippen molar-refractivity contribution in [2.75, 3.05) is 0 Å². The molecular formula is C12H12BrN3. The first-order valence-electron chi connectivity index (χ1n) is 4.96. The van der Waals surface area contributed by atoms with E-state index in [0.29, 0.717) is 0 Å². The minimum Gasteiger partial charge on any atom is -0.319 e. The second kappa shape index (κ2) is 4.72. The van der Waals surface area contributed by atoms with E-state index in [9.17, 15) is 0 Å². The zero-order valence-electron chi connectivity index (χ0n) is 8.89. The van der Waals surface area contributed by atoms with Gasteiger partial charge in [-0.1, -0.05) is 0 Å². The fraction of sp³-hybridized carbons (Fsp3) is 0.167. The van der Waals surface area contributed by atoms with Gasteiger partial charge >= 0.3 is 0 Å². The quantitative estimate of drug-likeness (QED) is 0.918. The predicted octanol–water partition coefficient (Wildman–Crippen LogP) is 2.60. The lowest BCUT2D eigenvalue weighted by Crippen LogP contribution is -2.14. The van der Waals surface area contributed by atoms with Crippen LogP contribution in [0.3, 0.4) is 0 Å². The van der Waals surface area contributed by atoms with E-state index in [1.165, 1.54) is 0 Å². The standard InChI is InChI=1S/C12H12BrN3/c1-8-4-5-15-7-10(8)12(14)11-3-2-9(13)6-16-11/h2-7,12H,14H2,1H3. The van der Waals surface area contributed by atoms with E-state index < -0.39 is 0 Å². The van der Waals surface area contributed by atoms with E-state index >= 15 is 0 Å². The second-order valence-electron chi connectivity index (χ2n) is 3.61. The molecule has 1 atom stereocenters. The van der Waals surface area contributed by atoms with Crippen molar-refractivity contribution in [2.45, 2.75) is 13.0 Å². The molecule has 0 aliphatic heterocycles. The molecule has 4 heteroatoms. The van der Waals surface area contributed by atoms with Gasteiger partial charge in [-0.05, 0) is 52.2 Å². The highest BCUT2D eigenvalue weighted by Gasteiger charge is 2.12. The van der Waals surface area contributed by atoms with Crippen molar-refractivity contribution in [1.82, 2.24) is 9.97 Å². The maximum Gasteiger partial charge on any atom is 0.0743 e. The molecule has 0 saturated carbocycles. The molecule has 0 aliphatic rings. The van der Waals surface area contributed by atoms with Crippen LogP contribution in [0.5, 0.6) is 0 Å². The largest absolute Gasteiger partial charge is 0.319 e. The SMILES string of the molecule is Cc1ccncc1C(N)c1ccc(Br)cn1. The van der Waals surface area contributed by atoms with E-state index in [4.69, 9.17) is 5.73 Å². The van der Waals surface area contributed by atoms with Crippen molar-refractivity contribution in [3.05, 3.63) is 58.1 Å². The summed E-state index contributed by atoms with van der Waals surface area (Å²) in [5, 5.41) is 0. The monoisotopic (exact) mass is 277 g/mol. The number of pyridine rings is 2. The van der Waals surface area contributed by atoms with Gasteiger partial charge in [0.05, 0.1) is 11.7 Å². The molecule has 0 amide bonds. The molecular weight excluding hydrogens is 266 g/mol. The number of rotatable bonds is 2. The zero-order valence-corrected chi connectivity index (χ0v) is 10.5. The van der Waals surface area contributed by atoms with Gasteiger partial charge in [-0.25, -0.2) is 0 Å². The maximum absolute atomic E-state index is 6.15. The fourth-order valence-corrected chi connectivity index (χ4v) is 1.77. The predicted molar refractivity (Wildman–Crippen MR) is 66.9 cm³/mol. The van der Waals surface area contributed by atoms with Crippen molar-refractivity contribution in [3.8, 4) is 0 Å². The molecule has 0 fully saturated rings. The highest BCUT2D eigenvalue weighted by atomic mass is 79.9. The van der Waals surface area contributed by atoms with E-state index in [1.807, 2.05) is 25.1 Å². The van der Waals surface area contributed by atoms with Crippen molar-refractivity contribution in [2.24, 2.45) is 5.73 Å². The number of hydrogen-bond donors (Lipinski definition) is 1. The Morgan fingerprint density at radius 2 is 2.06 bits per heavy atom. The first-order valence-corrected chi connectivity index (χ1v) is 5.75. The Morgan fingerprint density at radius 1 is 1.25 bits per heavy atom. The molecule has 2 aromatic rings. The summed E-state index contributed by atoms with van der Waals surface area (Å²) in [6, 6.07) is 5.59. The minimum atomic E-state index is -0.221. The molecule has 2 rings (SSSR count). The summed E-state index contributed by atoms with van der Waals surface area (Å²) in [6.45, 7) is 2.02. The van der Waals surface area contributed by atoms with Gasteiger partial charge in [-0.3, -0.25) is 9.97 Å². The molecule has 0 aliphatic carbocycles. The van der Waals surface area contributed by atoms with Gasteiger partial charge in [0.15, 0.2) is 0 Å². The third-order valence-electron chi connectivity index (χ3n) is 2.48. The lowest BCUT2D eigenvalue weighted by molar-refractivity contribution is 0.813. The second-order valence-corrected chi connectivity index (χ2v) is 4.53. The summed E-state index contributed by atoms with van der Waals surface area (Å²) < 4.78 is 0.950. The third-order valence-corrected chi connectivity index (χ3v) is 2.95. The molecule has 0 radical (unpaired) electrons. The fourth-order valence-electron chi connectivity index (χ4n) is 1.53. The van der Waals surface area contributed by atoms with Crippen LogP contribution in [0.25, 0.3) is 0 Å². The van der Waals surface area contributed by atoms with Crippen molar-refractivity contribution in [3.63, 3.8) is 0 Å². The number of halogens is 1. The van der Waals surface area contributed by atoms with Crippen LogP contribution in [-0.2, 0) is 0 Å². The molecule has 0 bridgehead atoms. The first kappa shape index (κ1) is 11.2. The molecule has 0 aromatic carbocycles. The summed E-state index contributed by atoms with van der Waals surface area (Å²) >= 11 is 3.35. The molecule has 0 saturated heterocycles. The summed E-state index contributed by atoms with van der Waals surface area (Å²) in [4.78, 5) is 8.39. The Labute approximate surface area is 103 Å². The Kier molecular flexibility index (Phi) is 3.31. The van der Waals surface area contributed by atoms with Gasteiger partial charge in [0, 0.05) is 23.1 Å². The van der Waals surface area contributed by atoms with Crippen LogP contribution in [-0.4, -0.2) is 9.97 Å². The van der Waals surface area contributed by atoms with Crippen molar-refractivity contribution in [1.29, 1.82) is 0 Å². The number of hydrogen-bond acceptors (Lipinski definition) is 3. The van der Waals surface area contributed by atoms with Gasteiger partial charge in [0.1, 0.15) is 0 Å². The van der Waals surface area contributed by atoms with Crippen molar-refractivity contribution >= 4 is 15.9 Å². The smallest absolute Gasteiger partial charge is 0.0743 e. The Bertz CT molecular complexity index is 482. The number of aryl methyl sites for hydroxylation is 1. The summed E-state index contributed by atoms with van der Waals surface area (Å²) in [6.07, 6.45) is 5.31. The zero-order chi connectivity index (χ0) is 11.5. The van der Waals surface area contributed by atoms with Gasteiger partial charge < -0.3 is 5.73 Å². The van der Waals surface area contributed by atoms with E-state index in [1.54, 1.807) is 18.6 Å². The van der Waals surface area contributed by atoms with Crippen LogP contribution in [0.15, 0.2) is 41.3 Å². The summed E-state index contributed by atoms with van der Waals surface area (Å²) in [5.41, 5.74) is 9.14. The molecule has 2 N–H and O–H groups in total. The minimum absolute atomic E-state index is 0.221. The highest BCUT2D eigenvalue weighted by molar-refractivity contribution is 9.10. The summed E-state index contributed by atoms with van der Waals surface area (Å²) in [7, 11) is 0. The van der Waals surface area contributed by atoms with Gasteiger partial charge in [0.25, 0.3) is 0 Å². The van der Waals surface area contributed by atoms with Gasteiger partial charge in [0.2, 0.25) is 0 Å². The summed E-state index contributed by atoms with van der Waals surface area (Å²) in [5.74, 6) is 0.